The molecule has 2 amide bonds. The van der Waals surface area contributed by atoms with Crippen LogP contribution in [0.4, 0.5) is 4.39 Å². The molecule has 10 N–H and O–H groups in total. The molecule has 1 unspecified atom stereocenters. The smallest absolute Gasteiger partial charge is 0.326 e. The van der Waals surface area contributed by atoms with E-state index in [-0.39, 0.29) is 37.1 Å². The summed E-state index contributed by atoms with van der Waals surface area (Å²) in [4.78, 5) is 37.5. The SMILES string of the molecule is NC[C@H](O)C[C@@H]1NC(=O)[C@@H](N)CCc2cc(ccc2O)-c2cc(F)c(O)c(c2)CC(C(=O)O)NC1=O. The summed E-state index contributed by atoms with van der Waals surface area (Å²) in [6, 6.07) is 2.89. The number of aliphatic hydroxyl groups excluding tert-OH is 1. The highest BCUT2D eigenvalue weighted by molar-refractivity contribution is 5.92. The molecule has 36 heavy (non-hydrogen) atoms. The summed E-state index contributed by atoms with van der Waals surface area (Å²) in [5.41, 5.74) is 12.5. The summed E-state index contributed by atoms with van der Waals surface area (Å²) in [5.74, 6) is -4.95. The van der Waals surface area contributed by atoms with Crippen LogP contribution in [0.25, 0.3) is 11.1 Å². The van der Waals surface area contributed by atoms with Gasteiger partial charge in [-0.15, -0.1) is 0 Å². The molecule has 11 nitrogen and oxygen atoms in total. The molecule has 12 heteroatoms. The van der Waals surface area contributed by atoms with Crippen LogP contribution in [0.2, 0.25) is 0 Å². The lowest BCUT2D eigenvalue weighted by molar-refractivity contribution is -0.142. The van der Waals surface area contributed by atoms with Crippen molar-refractivity contribution in [1.82, 2.24) is 10.6 Å². The molecule has 0 spiro atoms. The summed E-state index contributed by atoms with van der Waals surface area (Å²) in [7, 11) is 0. The fourth-order valence-electron chi connectivity index (χ4n) is 3.96. The van der Waals surface area contributed by atoms with Gasteiger partial charge in [-0.05, 0) is 53.8 Å². The number of carbonyl (C=O) groups excluding carboxylic acids is 2. The first kappa shape index (κ1) is 26.9. The number of benzene rings is 2. The van der Waals surface area contributed by atoms with Crippen molar-refractivity contribution in [2.24, 2.45) is 11.5 Å². The Labute approximate surface area is 205 Å². The van der Waals surface area contributed by atoms with Crippen LogP contribution in [0.15, 0.2) is 30.3 Å². The molecule has 0 aromatic heterocycles. The summed E-state index contributed by atoms with van der Waals surface area (Å²) >= 11 is 0. The fraction of sp³-hybridized carbons (Fsp3) is 0.375. The zero-order valence-electron chi connectivity index (χ0n) is 19.3. The molecule has 2 aromatic rings. The van der Waals surface area contributed by atoms with Gasteiger partial charge in [0.05, 0.1) is 12.1 Å². The van der Waals surface area contributed by atoms with E-state index in [1.807, 2.05) is 0 Å². The molecule has 1 aliphatic rings. The molecule has 0 aliphatic carbocycles. The zero-order valence-corrected chi connectivity index (χ0v) is 19.3. The average molecular weight is 505 g/mol. The van der Waals surface area contributed by atoms with Gasteiger partial charge in [0.1, 0.15) is 17.8 Å². The third-order valence-electron chi connectivity index (χ3n) is 6.07. The highest BCUT2D eigenvalue weighted by Gasteiger charge is 2.30. The number of nitrogens with one attached hydrogen (secondary N) is 2. The van der Waals surface area contributed by atoms with Crippen molar-refractivity contribution in [2.75, 3.05) is 6.54 Å². The van der Waals surface area contributed by atoms with Crippen LogP contribution >= 0.6 is 0 Å². The number of aliphatic hydroxyl groups is 1. The molecule has 0 radical (unpaired) electrons. The molecule has 1 heterocycles. The van der Waals surface area contributed by atoms with E-state index in [0.717, 1.165) is 6.07 Å². The van der Waals surface area contributed by atoms with E-state index in [9.17, 15) is 39.2 Å². The molecule has 3 rings (SSSR count). The number of amides is 2. The van der Waals surface area contributed by atoms with Gasteiger partial charge in [-0.1, -0.05) is 6.07 Å². The van der Waals surface area contributed by atoms with Crippen LogP contribution < -0.4 is 22.1 Å². The topological polar surface area (TPSA) is 208 Å². The van der Waals surface area contributed by atoms with Gasteiger partial charge in [0.2, 0.25) is 11.8 Å². The van der Waals surface area contributed by atoms with Crippen molar-refractivity contribution < 1.29 is 39.2 Å². The summed E-state index contributed by atoms with van der Waals surface area (Å²) in [6.07, 6.45) is -1.73. The fourth-order valence-corrected chi connectivity index (χ4v) is 3.96. The Balaban J connectivity index is 2.09. The van der Waals surface area contributed by atoms with Gasteiger partial charge in [-0.25, -0.2) is 9.18 Å². The van der Waals surface area contributed by atoms with Crippen LogP contribution in [-0.4, -0.2) is 69.0 Å². The number of rotatable bonds is 4. The molecule has 4 atom stereocenters. The molecule has 2 aromatic carbocycles. The molecule has 0 saturated heterocycles. The third-order valence-corrected chi connectivity index (χ3v) is 6.07. The van der Waals surface area contributed by atoms with Crippen LogP contribution in [0, 0.1) is 5.82 Å². The van der Waals surface area contributed by atoms with Gasteiger partial charge < -0.3 is 42.5 Å². The maximum absolute atomic E-state index is 14.6. The maximum Gasteiger partial charge on any atom is 0.326 e. The first-order valence-electron chi connectivity index (χ1n) is 11.3. The summed E-state index contributed by atoms with van der Waals surface area (Å²) in [5, 5.41) is 44.9. The molecule has 4 bridgehead atoms. The van der Waals surface area contributed by atoms with Crippen LogP contribution in [0.3, 0.4) is 0 Å². The predicted octanol–water partition coefficient (Wildman–Crippen LogP) is -0.516. The third kappa shape index (κ3) is 6.27. The number of hydrogen-bond acceptors (Lipinski definition) is 8. The van der Waals surface area contributed by atoms with Gasteiger partial charge in [-0.2, -0.15) is 0 Å². The lowest BCUT2D eigenvalue weighted by Crippen LogP contribution is -2.56. The minimum absolute atomic E-state index is 0.0683. The van der Waals surface area contributed by atoms with E-state index in [1.54, 1.807) is 6.07 Å². The number of aliphatic carboxylic acids is 1. The largest absolute Gasteiger partial charge is 0.508 e. The van der Waals surface area contributed by atoms with E-state index >= 15 is 0 Å². The molecule has 194 valence electrons. The quantitative estimate of drug-likeness (QED) is 0.269. The molecular formula is C24H29FN4O7. The second-order valence-electron chi connectivity index (χ2n) is 8.74. The number of carboxylic acids is 1. The number of phenols is 2. The minimum atomic E-state index is -1.61. The van der Waals surface area contributed by atoms with Crippen molar-refractivity contribution >= 4 is 17.8 Å². The second kappa shape index (κ2) is 11.3. The Bertz CT molecular complexity index is 1160. The predicted molar refractivity (Wildman–Crippen MR) is 126 cm³/mol. The standard InChI is InChI=1S/C24H29FN4O7/c25-16-7-13-6-14(21(16)32)8-19(24(35)36)29-23(34)18(9-15(30)10-26)28-22(33)17(27)3-1-12-5-11(13)2-4-20(12)31/h2,4-7,15,17-19,30-32H,1,3,8-10,26-27H2,(H,28,33)(H,29,34)(H,35,36)/t15-,17+,18+,19?/m1/s1. The minimum Gasteiger partial charge on any atom is -0.508 e. The van der Waals surface area contributed by atoms with Crippen molar-refractivity contribution in [3.05, 3.63) is 47.3 Å². The summed E-state index contributed by atoms with van der Waals surface area (Å²) < 4.78 is 14.6. The number of phenolic OH excluding ortho intramolecular Hbond substituents is 2. The second-order valence-corrected chi connectivity index (χ2v) is 8.74. The summed E-state index contributed by atoms with van der Waals surface area (Å²) in [6.45, 7) is -0.219. The Morgan fingerprint density at radius 1 is 1.08 bits per heavy atom. The Morgan fingerprint density at radius 2 is 1.78 bits per heavy atom. The number of aryl methyl sites for hydroxylation is 1. The zero-order chi connectivity index (χ0) is 26.6. The molecular weight excluding hydrogens is 475 g/mol. The highest BCUT2D eigenvalue weighted by Crippen LogP contribution is 2.32. The van der Waals surface area contributed by atoms with Crippen molar-refractivity contribution in [3.8, 4) is 22.6 Å². The maximum atomic E-state index is 14.6. The van der Waals surface area contributed by atoms with Gasteiger partial charge in [0.15, 0.2) is 11.6 Å². The lowest BCUT2D eigenvalue weighted by atomic mass is 9.94. The highest BCUT2D eigenvalue weighted by atomic mass is 19.1. The number of carboxylic acid groups (broad SMARTS) is 1. The number of halogens is 1. The van der Waals surface area contributed by atoms with Gasteiger partial charge in [0.25, 0.3) is 0 Å². The Kier molecular flexibility index (Phi) is 8.45. The van der Waals surface area contributed by atoms with Crippen LogP contribution in [-0.2, 0) is 27.2 Å². The van der Waals surface area contributed by atoms with Crippen molar-refractivity contribution in [3.63, 3.8) is 0 Å². The average Bonchev–Trinajstić information content (AvgIpc) is 2.83. The van der Waals surface area contributed by atoms with Crippen LogP contribution in [0.5, 0.6) is 11.5 Å². The number of fused-ring (bicyclic) bond motifs is 5. The van der Waals surface area contributed by atoms with E-state index in [0.29, 0.717) is 16.7 Å². The number of aromatic hydroxyl groups is 2. The molecule has 1 aliphatic heterocycles. The monoisotopic (exact) mass is 504 g/mol. The lowest BCUT2D eigenvalue weighted by Gasteiger charge is -2.25. The number of carbonyl (C=O) groups is 3. The van der Waals surface area contributed by atoms with E-state index in [4.69, 9.17) is 11.5 Å². The van der Waals surface area contributed by atoms with Crippen molar-refractivity contribution in [1.29, 1.82) is 0 Å². The van der Waals surface area contributed by atoms with Gasteiger partial charge in [-0.3, -0.25) is 9.59 Å². The van der Waals surface area contributed by atoms with E-state index in [1.165, 1.54) is 18.2 Å². The van der Waals surface area contributed by atoms with Crippen molar-refractivity contribution in [2.45, 2.75) is 49.9 Å². The first-order valence-corrected chi connectivity index (χ1v) is 11.3. The Morgan fingerprint density at radius 3 is 2.44 bits per heavy atom. The van der Waals surface area contributed by atoms with Gasteiger partial charge >= 0.3 is 5.97 Å². The van der Waals surface area contributed by atoms with Gasteiger partial charge in [0, 0.05) is 24.9 Å². The number of hydrogen-bond donors (Lipinski definition) is 8. The first-order chi connectivity index (χ1) is 17.0. The van der Waals surface area contributed by atoms with E-state index in [2.05, 4.69) is 10.6 Å². The molecule has 0 fully saturated rings. The van der Waals surface area contributed by atoms with E-state index < -0.39 is 60.0 Å². The number of nitrogens with two attached hydrogens (primary N) is 2. The normalized spacial score (nSPS) is 21.8. The molecule has 0 saturated carbocycles. The Hall–Kier alpha value is -3.74. The van der Waals surface area contributed by atoms with Crippen LogP contribution in [0.1, 0.15) is 24.0 Å².